The van der Waals surface area contributed by atoms with E-state index in [2.05, 4.69) is 33.0 Å². The maximum atomic E-state index is 5.79. The molecule has 1 N–H and O–H groups in total. The van der Waals surface area contributed by atoms with Gasteiger partial charge in [0.05, 0.1) is 12.2 Å². The number of fused-ring (bicyclic) bond motifs is 1. The Bertz CT molecular complexity index is 253. The summed E-state index contributed by atoms with van der Waals surface area (Å²) in [6.07, 6.45) is 3.17. The van der Waals surface area contributed by atoms with Crippen LogP contribution >= 0.6 is 0 Å². The van der Waals surface area contributed by atoms with E-state index in [1.807, 2.05) is 0 Å². The third kappa shape index (κ3) is 2.67. The summed E-state index contributed by atoms with van der Waals surface area (Å²) in [4.78, 5) is 0. The second-order valence-electron chi connectivity index (χ2n) is 6.27. The van der Waals surface area contributed by atoms with E-state index in [1.165, 1.54) is 6.42 Å². The predicted molar refractivity (Wildman–Crippen MR) is 69.1 cm³/mol. The molecule has 1 saturated heterocycles. The highest BCUT2D eigenvalue weighted by atomic mass is 16.5. The molecular formula is C14H27NO2. The van der Waals surface area contributed by atoms with Gasteiger partial charge >= 0.3 is 0 Å². The number of rotatable bonds is 6. The molecule has 0 radical (unpaired) electrons. The lowest BCUT2D eigenvalue weighted by molar-refractivity contribution is -0.112. The van der Waals surface area contributed by atoms with Gasteiger partial charge < -0.3 is 14.8 Å². The molecule has 2 rings (SSSR count). The smallest absolute Gasteiger partial charge is 0.0685 e. The fraction of sp³-hybridized carbons (Fsp3) is 1.00. The van der Waals surface area contributed by atoms with Crippen molar-refractivity contribution in [3.8, 4) is 0 Å². The molecule has 0 aromatic rings. The largest absolute Gasteiger partial charge is 0.379 e. The van der Waals surface area contributed by atoms with Crippen LogP contribution in [0.4, 0.5) is 0 Å². The quantitative estimate of drug-likeness (QED) is 0.723. The molecule has 0 aromatic carbocycles. The Kier molecular flexibility index (Phi) is 4.11. The van der Waals surface area contributed by atoms with Crippen molar-refractivity contribution in [3.05, 3.63) is 0 Å². The summed E-state index contributed by atoms with van der Waals surface area (Å²) < 4.78 is 11.3. The highest BCUT2D eigenvalue weighted by Gasteiger charge is 2.58. The van der Waals surface area contributed by atoms with E-state index in [0.717, 1.165) is 32.1 Å². The fourth-order valence-electron chi connectivity index (χ4n) is 3.39. The molecule has 3 unspecified atom stereocenters. The first-order valence-electron chi connectivity index (χ1n) is 7.00. The Hall–Kier alpha value is -0.120. The lowest BCUT2D eigenvalue weighted by atomic mass is 9.57. The Labute approximate surface area is 105 Å². The van der Waals surface area contributed by atoms with Crippen LogP contribution in [0.15, 0.2) is 0 Å². The van der Waals surface area contributed by atoms with E-state index in [-0.39, 0.29) is 0 Å². The van der Waals surface area contributed by atoms with Crippen LogP contribution in [0.25, 0.3) is 0 Å². The van der Waals surface area contributed by atoms with Crippen LogP contribution in [0, 0.1) is 11.3 Å². The summed E-state index contributed by atoms with van der Waals surface area (Å²) >= 11 is 0. The molecular weight excluding hydrogens is 214 g/mol. The maximum absolute atomic E-state index is 5.79. The summed E-state index contributed by atoms with van der Waals surface area (Å²) in [5.74, 6) is 0.746. The molecule has 1 heterocycles. The van der Waals surface area contributed by atoms with Gasteiger partial charge in [0.15, 0.2) is 0 Å². The first kappa shape index (κ1) is 13.3. The first-order chi connectivity index (χ1) is 8.03. The molecule has 0 aromatic heterocycles. The lowest BCUT2D eigenvalue weighted by Gasteiger charge is -2.55. The second kappa shape index (κ2) is 5.25. The molecule has 17 heavy (non-hydrogen) atoms. The molecule has 1 aliphatic heterocycles. The van der Waals surface area contributed by atoms with E-state index in [0.29, 0.717) is 23.7 Å². The number of ether oxygens (including phenoxy) is 2. The maximum Gasteiger partial charge on any atom is 0.0685 e. The van der Waals surface area contributed by atoms with Crippen LogP contribution in [-0.2, 0) is 9.47 Å². The minimum absolute atomic E-state index is 0.306. The van der Waals surface area contributed by atoms with Gasteiger partial charge in [-0.1, -0.05) is 13.8 Å². The van der Waals surface area contributed by atoms with Crippen LogP contribution in [-0.4, -0.2) is 38.0 Å². The summed E-state index contributed by atoms with van der Waals surface area (Å²) in [7, 11) is 0. The Morgan fingerprint density at radius 2 is 2.18 bits per heavy atom. The van der Waals surface area contributed by atoms with Crippen molar-refractivity contribution < 1.29 is 9.47 Å². The normalized spacial score (nSPS) is 34.8. The molecule has 2 fully saturated rings. The molecule has 1 aliphatic carbocycles. The molecule has 0 spiro atoms. The van der Waals surface area contributed by atoms with Gasteiger partial charge in [-0.05, 0) is 33.2 Å². The van der Waals surface area contributed by atoms with E-state index in [9.17, 15) is 0 Å². The van der Waals surface area contributed by atoms with Crippen LogP contribution in [0.1, 0.15) is 40.5 Å². The third-order valence-electron chi connectivity index (χ3n) is 4.24. The number of hydrogen-bond donors (Lipinski definition) is 1. The van der Waals surface area contributed by atoms with Gasteiger partial charge in [-0.15, -0.1) is 0 Å². The minimum Gasteiger partial charge on any atom is -0.379 e. The monoisotopic (exact) mass is 241 g/mol. The van der Waals surface area contributed by atoms with Gasteiger partial charge in [-0.3, -0.25) is 0 Å². The van der Waals surface area contributed by atoms with E-state index in [4.69, 9.17) is 9.47 Å². The molecule has 1 saturated carbocycles. The molecule has 0 bridgehead atoms. The van der Waals surface area contributed by atoms with Gasteiger partial charge in [0.25, 0.3) is 0 Å². The fourth-order valence-corrected chi connectivity index (χ4v) is 3.39. The van der Waals surface area contributed by atoms with Gasteiger partial charge in [0.2, 0.25) is 0 Å². The zero-order valence-electron chi connectivity index (χ0n) is 11.7. The van der Waals surface area contributed by atoms with Crippen molar-refractivity contribution in [2.24, 2.45) is 11.3 Å². The van der Waals surface area contributed by atoms with Crippen molar-refractivity contribution >= 4 is 0 Å². The van der Waals surface area contributed by atoms with Crippen molar-refractivity contribution in [2.45, 2.75) is 58.8 Å². The first-order valence-corrected chi connectivity index (χ1v) is 7.00. The zero-order chi connectivity index (χ0) is 12.5. The van der Waals surface area contributed by atoms with Crippen molar-refractivity contribution in [1.29, 1.82) is 0 Å². The molecule has 2 aliphatic rings. The highest BCUT2D eigenvalue weighted by molar-refractivity contribution is 5.11. The zero-order valence-corrected chi connectivity index (χ0v) is 11.7. The predicted octanol–water partition coefficient (Wildman–Crippen LogP) is 2.20. The summed E-state index contributed by atoms with van der Waals surface area (Å²) in [6, 6.07) is 0.633. The molecule has 3 nitrogen and oxygen atoms in total. The Balaban J connectivity index is 1.66. The van der Waals surface area contributed by atoms with Gasteiger partial charge in [-0.25, -0.2) is 0 Å². The van der Waals surface area contributed by atoms with Crippen LogP contribution < -0.4 is 5.32 Å². The van der Waals surface area contributed by atoms with Gasteiger partial charge in [0, 0.05) is 30.6 Å². The van der Waals surface area contributed by atoms with Gasteiger partial charge in [-0.2, -0.15) is 0 Å². The van der Waals surface area contributed by atoms with Gasteiger partial charge in [0.1, 0.15) is 0 Å². The average Bonchev–Trinajstić information content (AvgIpc) is 2.69. The summed E-state index contributed by atoms with van der Waals surface area (Å²) in [5.41, 5.74) is 0.306. The molecule has 3 heteroatoms. The molecule has 0 amide bonds. The average molecular weight is 241 g/mol. The second-order valence-corrected chi connectivity index (χ2v) is 6.27. The van der Waals surface area contributed by atoms with Crippen LogP contribution in [0.5, 0.6) is 0 Å². The van der Waals surface area contributed by atoms with E-state index >= 15 is 0 Å². The summed E-state index contributed by atoms with van der Waals surface area (Å²) in [6.45, 7) is 11.7. The lowest BCUT2D eigenvalue weighted by Crippen LogP contribution is -2.65. The number of nitrogens with one attached hydrogen (secondary N) is 1. The van der Waals surface area contributed by atoms with Crippen molar-refractivity contribution in [2.75, 3.05) is 19.8 Å². The minimum atomic E-state index is 0.306. The number of hydrogen-bond acceptors (Lipinski definition) is 3. The molecule has 100 valence electrons. The van der Waals surface area contributed by atoms with Crippen molar-refractivity contribution in [3.63, 3.8) is 0 Å². The summed E-state index contributed by atoms with van der Waals surface area (Å²) in [5, 5.41) is 3.69. The van der Waals surface area contributed by atoms with E-state index < -0.39 is 0 Å². The molecule has 3 atom stereocenters. The Morgan fingerprint density at radius 3 is 2.88 bits per heavy atom. The standard InChI is InChI=1S/C14H27NO2/c1-10(2)16-8-5-7-15-12-11-6-9-17-13(11)14(12,3)4/h10-13,15H,5-9H2,1-4H3. The highest BCUT2D eigenvalue weighted by Crippen LogP contribution is 2.51. The Morgan fingerprint density at radius 1 is 1.41 bits per heavy atom. The van der Waals surface area contributed by atoms with Crippen LogP contribution in [0.3, 0.4) is 0 Å². The SMILES string of the molecule is CC(C)OCCCNC1C2CCOC2C1(C)C. The third-order valence-corrected chi connectivity index (χ3v) is 4.24. The van der Waals surface area contributed by atoms with Crippen molar-refractivity contribution in [1.82, 2.24) is 5.32 Å². The van der Waals surface area contributed by atoms with E-state index in [1.54, 1.807) is 0 Å². The van der Waals surface area contributed by atoms with Crippen LogP contribution in [0.2, 0.25) is 0 Å². The topological polar surface area (TPSA) is 30.5 Å².